The van der Waals surface area contributed by atoms with E-state index in [4.69, 9.17) is 0 Å². The Labute approximate surface area is 116 Å². The second kappa shape index (κ2) is 5.30. The number of piperazine rings is 1. The molecule has 0 aliphatic carbocycles. The number of nitrogens with zero attached hydrogens (tertiary/aromatic N) is 4. The van der Waals surface area contributed by atoms with Crippen molar-refractivity contribution in [2.75, 3.05) is 33.2 Å². The molecule has 0 bridgehead atoms. The highest BCUT2D eigenvalue weighted by Crippen LogP contribution is 2.34. The van der Waals surface area contributed by atoms with Gasteiger partial charge in [-0.1, -0.05) is 6.07 Å². The van der Waals surface area contributed by atoms with Crippen LogP contribution in [0.3, 0.4) is 0 Å². The molecule has 1 atom stereocenters. The third-order valence-electron chi connectivity index (χ3n) is 3.46. The van der Waals surface area contributed by atoms with Gasteiger partial charge in [-0.3, -0.25) is 0 Å². The van der Waals surface area contributed by atoms with Crippen molar-refractivity contribution in [3.05, 3.63) is 23.9 Å². The first kappa shape index (κ1) is 12.6. The summed E-state index contributed by atoms with van der Waals surface area (Å²) in [5, 5.41) is 1.83. The van der Waals surface area contributed by atoms with Crippen LogP contribution in [0.4, 0.5) is 0 Å². The maximum atomic E-state index is 11.2. The Morgan fingerprint density at radius 3 is 2.89 bits per heavy atom. The van der Waals surface area contributed by atoms with Gasteiger partial charge in [0.25, 0.3) is 0 Å². The van der Waals surface area contributed by atoms with Gasteiger partial charge in [-0.05, 0) is 24.9 Å². The smallest absolute Gasteiger partial charge is 0.166 e. The molecule has 6 heteroatoms. The maximum Gasteiger partial charge on any atom is 0.166 e. The van der Waals surface area contributed by atoms with Gasteiger partial charge >= 0.3 is 0 Å². The highest BCUT2D eigenvalue weighted by molar-refractivity contribution is 8.13. The van der Waals surface area contributed by atoms with Crippen molar-refractivity contribution in [1.82, 2.24) is 14.8 Å². The van der Waals surface area contributed by atoms with Crippen molar-refractivity contribution in [3.8, 4) is 0 Å². The quantitative estimate of drug-likeness (QED) is 0.717. The summed E-state index contributed by atoms with van der Waals surface area (Å²) >= 11 is 1.57. The largest absolute Gasteiger partial charge is 0.349 e. The molecule has 1 saturated heterocycles. The third kappa shape index (κ3) is 2.50. The molecule has 0 saturated carbocycles. The number of aliphatic imine (C=N–C) groups is 1. The number of likely N-dealkylation sites (N-methyl/N-ethyl adjacent to an activating group) is 1. The third-order valence-corrected chi connectivity index (χ3v) is 4.54. The van der Waals surface area contributed by atoms with E-state index < -0.39 is 6.04 Å². The lowest BCUT2D eigenvalue weighted by molar-refractivity contribution is -0.109. The minimum absolute atomic E-state index is 0.403. The zero-order valence-electron chi connectivity index (χ0n) is 10.8. The van der Waals surface area contributed by atoms with Crippen molar-refractivity contribution >= 4 is 23.2 Å². The second-order valence-electron chi connectivity index (χ2n) is 4.78. The number of hydrogen-bond donors (Lipinski definition) is 0. The van der Waals surface area contributed by atoms with E-state index in [2.05, 4.69) is 26.8 Å². The van der Waals surface area contributed by atoms with Crippen molar-refractivity contribution < 1.29 is 4.79 Å². The molecule has 2 aliphatic heterocycles. The van der Waals surface area contributed by atoms with Gasteiger partial charge in [-0.15, -0.1) is 0 Å². The van der Waals surface area contributed by atoms with Crippen molar-refractivity contribution in [2.24, 2.45) is 4.99 Å². The van der Waals surface area contributed by atoms with Crippen molar-refractivity contribution in [3.63, 3.8) is 0 Å². The molecule has 0 aromatic carbocycles. The number of carbonyl (C=O) groups is 1. The highest BCUT2D eigenvalue weighted by Gasteiger charge is 2.27. The maximum absolute atomic E-state index is 11.2. The molecule has 19 heavy (non-hydrogen) atoms. The average Bonchev–Trinajstić information content (AvgIpc) is 2.47. The molecule has 3 rings (SSSR count). The highest BCUT2D eigenvalue weighted by atomic mass is 32.2. The topological polar surface area (TPSA) is 48.8 Å². The van der Waals surface area contributed by atoms with Crippen molar-refractivity contribution in [1.29, 1.82) is 0 Å². The first-order valence-corrected chi connectivity index (χ1v) is 7.19. The first-order chi connectivity index (χ1) is 9.28. The summed E-state index contributed by atoms with van der Waals surface area (Å²) in [6, 6.07) is 3.38. The molecule has 0 spiro atoms. The van der Waals surface area contributed by atoms with E-state index in [9.17, 15) is 4.79 Å². The van der Waals surface area contributed by atoms with Gasteiger partial charge in [-0.2, -0.15) is 0 Å². The fourth-order valence-corrected chi connectivity index (χ4v) is 3.33. The SMILES string of the molecule is CN1CCN(C2=NC(C=O)c3cccnc3S2)CC1. The normalized spacial score (nSPS) is 23.7. The predicted octanol–water partition coefficient (Wildman–Crippen LogP) is 1.03. The van der Waals surface area contributed by atoms with Crippen LogP contribution in [0.15, 0.2) is 28.3 Å². The number of amidine groups is 1. The number of aldehydes is 1. The minimum Gasteiger partial charge on any atom is -0.349 e. The molecule has 0 radical (unpaired) electrons. The predicted molar refractivity (Wildman–Crippen MR) is 75.4 cm³/mol. The number of fused-ring (bicyclic) bond motifs is 1. The molecule has 1 aromatic heterocycles. The number of rotatable bonds is 1. The number of carbonyl (C=O) groups excluding carboxylic acids is 1. The van der Waals surface area contributed by atoms with Crippen LogP contribution in [-0.4, -0.2) is 59.5 Å². The van der Waals surface area contributed by atoms with Crippen LogP contribution >= 0.6 is 11.8 Å². The molecule has 1 aromatic rings. The van der Waals surface area contributed by atoms with Crippen LogP contribution in [0.25, 0.3) is 0 Å². The summed E-state index contributed by atoms with van der Waals surface area (Å²) in [7, 11) is 2.12. The molecule has 2 aliphatic rings. The van der Waals surface area contributed by atoms with E-state index in [1.54, 1.807) is 18.0 Å². The van der Waals surface area contributed by atoms with Gasteiger partial charge in [0.2, 0.25) is 0 Å². The zero-order chi connectivity index (χ0) is 13.2. The van der Waals surface area contributed by atoms with E-state index in [-0.39, 0.29) is 0 Å². The average molecular weight is 276 g/mol. The molecule has 3 heterocycles. The molecule has 0 amide bonds. The summed E-state index contributed by atoms with van der Waals surface area (Å²) in [6.45, 7) is 3.97. The molecule has 1 unspecified atom stereocenters. The lowest BCUT2D eigenvalue weighted by Crippen LogP contribution is -2.46. The van der Waals surface area contributed by atoms with Gasteiger partial charge in [0, 0.05) is 37.9 Å². The van der Waals surface area contributed by atoms with Gasteiger partial charge in [0.1, 0.15) is 17.4 Å². The molecule has 1 fully saturated rings. The first-order valence-electron chi connectivity index (χ1n) is 6.37. The fraction of sp³-hybridized carbons (Fsp3) is 0.462. The lowest BCUT2D eigenvalue weighted by Gasteiger charge is -2.35. The number of pyridine rings is 1. The summed E-state index contributed by atoms with van der Waals surface area (Å²) in [6.07, 6.45) is 2.66. The monoisotopic (exact) mass is 276 g/mol. The number of hydrogen-bond acceptors (Lipinski definition) is 6. The number of aromatic nitrogens is 1. The zero-order valence-corrected chi connectivity index (χ0v) is 11.6. The Morgan fingerprint density at radius 2 is 2.16 bits per heavy atom. The Kier molecular flexibility index (Phi) is 3.52. The summed E-state index contributed by atoms with van der Waals surface area (Å²) in [5.41, 5.74) is 0.917. The lowest BCUT2D eigenvalue weighted by atomic mass is 10.1. The van der Waals surface area contributed by atoms with Gasteiger partial charge in [0.05, 0.1) is 0 Å². The summed E-state index contributed by atoms with van der Waals surface area (Å²) in [4.78, 5) is 24.7. The molecule has 0 N–H and O–H groups in total. The molecule has 100 valence electrons. The van der Waals surface area contributed by atoms with E-state index in [1.165, 1.54) is 0 Å². The Morgan fingerprint density at radius 1 is 1.37 bits per heavy atom. The number of thioether (sulfide) groups is 1. The summed E-state index contributed by atoms with van der Waals surface area (Å²) < 4.78 is 0. The van der Waals surface area contributed by atoms with Crippen LogP contribution in [-0.2, 0) is 4.79 Å². The standard InChI is InChI=1S/C13H16N4OS/c1-16-5-7-17(8-6-16)13-15-11(9-18)10-3-2-4-14-12(10)19-13/h2-4,9,11H,5-8H2,1H3. The Hall–Kier alpha value is -1.40. The van der Waals surface area contributed by atoms with Crippen LogP contribution in [0.2, 0.25) is 0 Å². The van der Waals surface area contributed by atoms with E-state index >= 15 is 0 Å². The van der Waals surface area contributed by atoms with Crippen LogP contribution in [0.1, 0.15) is 11.6 Å². The summed E-state index contributed by atoms with van der Waals surface area (Å²) in [5.74, 6) is 0. The van der Waals surface area contributed by atoms with Gasteiger partial charge in [-0.25, -0.2) is 9.98 Å². The molecular weight excluding hydrogens is 260 g/mol. The Bertz CT molecular complexity index is 511. The van der Waals surface area contributed by atoms with E-state index in [0.717, 1.165) is 48.2 Å². The molecular formula is C13H16N4OS. The second-order valence-corrected chi connectivity index (χ2v) is 5.74. The van der Waals surface area contributed by atoms with Crippen LogP contribution in [0.5, 0.6) is 0 Å². The van der Waals surface area contributed by atoms with Gasteiger partial charge in [0.15, 0.2) is 5.17 Å². The molecule has 5 nitrogen and oxygen atoms in total. The van der Waals surface area contributed by atoms with Crippen molar-refractivity contribution in [2.45, 2.75) is 11.1 Å². The van der Waals surface area contributed by atoms with E-state index in [1.807, 2.05) is 12.1 Å². The van der Waals surface area contributed by atoms with Crippen LogP contribution < -0.4 is 0 Å². The fourth-order valence-electron chi connectivity index (χ4n) is 2.26. The van der Waals surface area contributed by atoms with Gasteiger partial charge < -0.3 is 14.6 Å². The minimum atomic E-state index is -0.403. The van der Waals surface area contributed by atoms with Crippen LogP contribution in [0, 0.1) is 0 Å². The van der Waals surface area contributed by atoms with E-state index in [0.29, 0.717) is 0 Å². The Balaban J connectivity index is 1.84.